The molecule has 1 amide bonds. The van der Waals surface area contributed by atoms with Crippen molar-refractivity contribution in [2.75, 3.05) is 6.61 Å². The number of esters is 3. The van der Waals surface area contributed by atoms with Crippen LogP contribution in [0.1, 0.15) is 112 Å². The maximum Gasteiger partial charge on any atom is 0.408 e. The topological polar surface area (TPSA) is 221 Å². The van der Waals surface area contributed by atoms with Crippen molar-refractivity contribution in [2.24, 2.45) is 16.7 Å². The molecule has 3 aliphatic carbocycles. The quantitative estimate of drug-likeness (QED) is 0.154. The Morgan fingerprint density at radius 3 is 2.12 bits per heavy atom. The zero-order valence-electron chi connectivity index (χ0n) is 35.3. The predicted molar refractivity (Wildman–Crippen MR) is 208 cm³/mol. The fraction of sp³-hybridized carbons (Fsp3) is 0.628. The van der Waals surface area contributed by atoms with Gasteiger partial charge in [0.1, 0.15) is 23.4 Å². The second kappa shape index (κ2) is 16.9. The summed E-state index contributed by atoms with van der Waals surface area (Å²) < 4.78 is 28.8. The Hall–Kier alpha value is -4.60. The van der Waals surface area contributed by atoms with E-state index in [-0.39, 0.29) is 31.4 Å². The number of carboxylic acid groups (broad SMARTS) is 1. The lowest BCUT2D eigenvalue weighted by atomic mass is 9.45. The Bertz CT molecular complexity index is 1840. The van der Waals surface area contributed by atoms with Gasteiger partial charge in [0.15, 0.2) is 17.5 Å². The molecule has 1 aliphatic heterocycles. The highest BCUT2D eigenvalue weighted by molar-refractivity contribution is 5.95. The molecule has 9 atom stereocenters. The zero-order valence-corrected chi connectivity index (χ0v) is 35.3. The Morgan fingerprint density at radius 1 is 1.00 bits per heavy atom. The molecule has 3 fully saturated rings. The molecule has 15 heteroatoms. The van der Waals surface area contributed by atoms with Crippen LogP contribution in [0.15, 0.2) is 53.1 Å². The number of ether oxygens (including phenoxy) is 5. The average molecular weight is 814 g/mol. The van der Waals surface area contributed by atoms with E-state index in [1.54, 1.807) is 71.0 Å². The van der Waals surface area contributed by atoms with Gasteiger partial charge in [-0.3, -0.25) is 19.2 Å². The number of alkyl carbamates (subject to hydrolysis) is 1. The summed E-state index contributed by atoms with van der Waals surface area (Å²) >= 11 is 0. The van der Waals surface area contributed by atoms with Crippen LogP contribution < -0.4 is 5.32 Å². The monoisotopic (exact) mass is 813 g/mol. The Kier molecular flexibility index (Phi) is 13.5. The van der Waals surface area contributed by atoms with Gasteiger partial charge in [0.25, 0.3) is 0 Å². The molecule has 58 heavy (non-hydrogen) atoms. The highest BCUT2D eigenvalue weighted by atomic mass is 16.6. The Labute approximate surface area is 339 Å². The highest BCUT2D eigenvalue weighted by Crippen LogP contribution is 2.64. The van der Waals surface area contributed by atoms with E-state index in [1.807, 2.05) is 20.8 Å². The van der Waals surface area contributed by atoms with Gasteiger partial charge in [-0.2, -0.15) is 0 Å². The molecule has 4 aliphatic rings. The molecular formula is C43H59NO14. The second-order valence-electron chi connectivity index (χ2n) is 17.7. The number of hydrogen-bond acceptors (Lipinski definition) is 13. The summed E-state index contributed by atoms with van der Waals surface area (Å²) in [6, 6.07) is 7.70. The number of aliphatic hydroxyl groups excluding tert-OH is 1. The van der Waals surface area contributed by atoms with Crippen LogP contribution in [0.25, 0.3) is 0 Å². The van der Waals surface area contributed by atoms with Crippen LogP contribution >= 0.6 is 0 Å². The Morgan fingerprint density at radius 2 is 1.62 bits per heavy atom. The zero-order chi connectivity index (χ0) is 43.8. The number of amides is 1. The number of Topliss-reactive ketones (excluding diaryl/α,β-unsaturated/α-hetero) is 1. The molecule has 15 nitrogen and oxygen atoms in total. The van der Waals surface area contributed by atoms with Gasteiger partial charge in [-0.15, -0.1) is 0 Å². The molecule has 4 N–H and O–H groups in total. The molecular weight excluding hydrogens is 754 g/mol. The normalized spacial score (nSPS) is 31.4. The molecule has 1 heterocycles. The van der Waals surface area contributed by atoms with Crippen molar-refractivity contribution in [3.8, 4) is 0 Å². The minimum absolute atomic E-state index is 0.0575. The van der Waals surface area contributed by atoms with Gasteiger partial charge in [0, 0.05) is 25.7 Å². The minimum Gasteiger partial charge on any atom is -0.481 e. The van der Waals surface area contributed by atoms with Gasteiger partial charge in [0.05, 0.1) is 42.1 Å². The third-order valence-electron chi connectivity index (χ3n) is 11.8. The first-order valence-electron chi connectivity index (χ1n) is 19.5. The molecule has 2 saturated carbocycles. The average Bonchev–Trinajstić information content (AvgIpc) is 3.07. The van der Waals surface area contributed by atoms with Crippen molar-refractivity contribution in [1.82, 2.24) is 5.32 Å². The summed E-state index contributed by atoms with van der Waals surface area (Å²) in [4.78, 5) is 75.5. The number of ketones is 1. The van der Waals surface area contributed by atoms with Gasteiger partial charge in [-0.1, -0.05) is 49.3 Å². The summed E-state index contributed by atoms with van der Waals surface area (Å²) in [5, 5.41) is 35.7. The van der Waals surface area contributed by atoms with Crippen LogP contribution in [0.5, 0.6) is 0 Å². The smallest absolute Gasteiger partial charge is 0.408 e. The molecule has 0 aromatic heterocycles. The number of carbonyl (C=O) groups excluding carboxylic acids is 5. The van der Waals surface area contributed by atoms with Gasteiger partial charge >= 0.3 is 30.0 Å². The van der Waals surface area contributed by atoms with E-state index in [2.05, 4.69) is 5.32 Å². The molecule has 2 bridgehead atoms. The van der Waals surface area contributed by atoms with Crippen LogP contribution in [0.3, 0.4) is 0 Å². The van der Waals surface area contributed by atoms with Crippen LogP contribution in [0, 0.1) is 16.7 Å². The van der Waals surface area contributed by atoms with Crippen LogP contribution in [-0.2, 0) is 42.9 Å². The summed E-state index contributed by atoms with van der Waals surface area (Å²) in [6.45, 7) is 18.0. The molecule has 0 radical (unpaired) electrons. The summed E-state index contributed by atoms with van der Waals surface area (Å²) in [7, 11) is 0. The number of carbonyl (C=O) groups is 6. The number of nitrogens with one attached hydrogen (secondary N) is 1. The molecule has 1 aromatic carbocycles. The standard InChI is InChI=1S/C31H38O10.C12H21NO4/c1-16-12-13-31(37)26(40-27(36)19-10-8-7-9-11-19)24-29(6,20(34)14-21-30(24,15-38-21)41-18(3)33)25(35)23(39-17(2)32)22(16)28(31,4)5;1-8(2)6-9(7-10(14)15)13-11(16)17-12(3,4)5/h7-11,20-21,23-24,26,34,37H,12-15H2,1-6H3;6,9H,7H2,1-5H3,(H,13,16)(H,14,15)/t20-,21+,23+,24?,26-,29+,30-,31+;9-/m00/s1. The van der Waals surface area contributed by atoms with E-state index >= 15 is 0 Å². The van der Waals surface area contributed by atoms with Crippen molar-refractivity contribution in [1.29, 1.82) is 0 Å². The SMILES string of the molecule is CC(=O)O[C@H]1C(=O)[C@@]2(C)C([C@H](OC(=O)c3ccccc3)[C@]3(O)CCC(C)=C1C3(C)C)[C@]1(OC(C)=O)CO[C@@H]1C[C@@H]2O.CC(C)=C[C@@H](CC(=O)O)NC(=O)OC(C)(C)C. The highest BCUT2D eigenvalue weighted by Gasteiger charge is 2.77. The van der Waals surface area contributed by atoms with E-state index in [0.717, 1.165) is 11.1 Å². The van der Waals surface area contributed by atoms with Crippen LogP contribution in [0.2, 0.25) is 0 Å². The van der Waals surface area contributed by atoms with E-state index in [1.165, 1.54) is 20.8 Å². The lowest BCUT2D eigenvalue weighted by Gasteiger charge is -2.67. The largest absolute Gasteiger partial charge is 0.481 e. The fourth-order valence-corrected chi connectivity index (χ4v) is 9.13. The van der Waals surface area contributed by atoms with Crippen LogP contribution in [-0.4, -0.2) is 105 Å². The number of aliphatic carboxylic acids is 1. The third-order valence-corrected chi connectivity index (χ3v) is 11.8. The first-order valence-corrected chi connectivity index (χ1v) is 19.5. The third kappa shape index (κ3) is 9.01. The lowest BCUT2D eigenvalue weighted by Crippen LogP contribution is -2.81. The number of benzene rings is 1. The minimum atomic E-state index is -1.83. The van der Waals surface area contributed by atoms with E-state index < -0.39 is 99.8 Å². The molecule has 1 unspecified atom stereocenters. The maximum atomic E-state index is 14.8. The lowest BCUT2D eigenvalue weighted by molar-refractivity contribution is -0.345. The van der Waals surface area contributed by atoms with Crippen molar-refractivity contribution in [3.63, 3.8) is 0 Å². The van der Waals surface area contributed by atoms with E-state index in [9.17, 15) is 39.0 Å². The summed E-state index contributed by atoms with van der Waals surface area (Å²) in [6.07, 6.45) is -3.71. The molecule has 1 aromatic rings. The van der Waals surface area contributed by atoms with Crippen molar-refractivity contribution in [3.05, 3.63) is 58.7 Å². The van der Waals surface area contributed by atoms with E-state index in [0.29, 0.717) is 12.0 Å². The number of hydrogen-bond donors (Lipinski definition) is 4. The fourth-order valence-electron chi connectivity index (χ4n) is 9.13. The van der Waals surface area contributed by atoms with Crippen LogP contribution in [0.4, 0.5) is 4.79 Å². The van der Waals surface area contributed by atoms with Gasteiger partial charge in [-0.05, 0) is 79.0 Å². The van der Waals surface area contributed by atoms with Crippen molar-refractivity contribution >= 4 is 35.8 Å². The second-order valence-corrected chi connectivity index (χ2v) is 17.7. The first kappa shape index (κ1) is 46.1. The number of allylic oxidation sites excluding steroid dienone is 2. The first-order chi connectivity index (χ1) is 26.7. The predicted octanol–water partition coefficient (Wildman–Crippen LogP) is 5.00. The number of aliphatic hydroxyl groups is 2. The number of carboxylic acids is 1. The number of fused-ring (bicyclic) bond motifs is 5. The molecule has 320 valence electrons. The molecule has 5 rings (SSSR count). The number of rotatable bonds is 8. The van der Waals surface area contributed by atoms with Gasteiger partial charge in [-0.25, -0.2) is 9.59 Å². The van der Waals surface area contributed by atoms with Gasteiger partial charge in [0.2, 0.25) is 0 Å². The maximum absolute atomic E-state index is 14.8. The Balaban J connectivity index is 0.000000371. The van der Waals surface area contributed by atoms with Gasteiger partial charge < -0.3 is 44.3 Å². The van der Waals surface area contributed by atoms with Crippen molar-refractivity contribution in [2.45, 2.75) is 149 Å². The molecule has 1 saturated heterocycles. The summed E-state index contributed by atoms with van der Waals surface area (Å²) in [5.74, 6) is -4.93. The van der Waals surface area contributed by atoms with E-state index in [4.69, 9.17) is 28.8 Å². The summed E-state index contributed by atoms with van der Waals surface area (Å²) in [5.41, 5.74) is -4.64. The molecule has 0 spiro atoms. The van der Waals surface area contributed by atoms with Crippen molar-refractivity contribution < 1.29 is 67.8 Å².